The molecule has 0 aliphatic carbocycles. The lowest BCUT2D eigenvalue weighted by Crippen LogP contribution is -2.03. The van der Waals surface area contributed by atoms with Crippen molar-refractivity contribution in [3.63, 3.8) is 0 Å². The standard InChI is InChI=1S/C12H17N5O/c1-4-5-14-10-7-13-8-11(15-10)18-12-6-9(2)16-17(12)3/h6-8H,4-5H2,1-3H3,(H,14,15). The number of hydrogen-bond donors (Lipinski definition) is 1. The van der Waals surface area contributed by atoms with Gasteiger partial charge in [0.1, 0.15) is 5.82 Å². The Morgan fingerprint density at radius 2 is 2.22 bits per heavy atom. The molecule has 2 heterocycles. The zero-order valence-corrected chi connectivity index (χ0v) is 10.8. The van der Waals surface area contributed by atoms with Gasteiger partial charge in [-0.1, -0.05) is 6.92 Å². The molecule has 0 spiro atoms. The number of hydrogen-bond acceptors (Lipinski definition) is 5. The van der Waals surface area contributed by atoms with E-state index in [4.69, 9.17) is 4.74 Å². The van der Waals surface area contributed by atoms with Crippen molar-refractivity contribution in [2.75, 3.05) is 11.9 Å². The Morgan fingerprint density at radius 3 is 2.89 bits per heavy atom. The number of ether oxygens (including phenoxy) is 1. The van der Waals surface area contributed by atoms with Crippen LogP contribution in [0.5, 0.6) is 11.8 Å². The molecule has 0 radical (unpaired) electrons. The van der Waals surface area contributed by atoms with E-state index < -0.39 is 0 Å². The van der Waals surface area contributed by atoms with Crippen LogP contribution in [0.4, 0.5) is 5.82 Å². The molecule has 0 unspecified atom stereocenters. The fraction of sp³-hybridized carbons (Fsp3) is 0.417. The number of nitrogens with zero attached hydrogens (tertiary/aromatic N) is 4. The van der Waals surface area contributed by atoms with E-state index >= 15 is 0 Å². The Bertz CT molecular complexity index is 523. The number of aromatic nitrogens is 4. The zero-order chi connectivity index (χ0) is 13.0. The Kier molecular flexibility index (Phi) is 3.76. The monoisotopic (exact) mass is 247 g/mol. The van der Waals surface area contributed by atoms with Gasteiger partial charge in [0.15, 0.2) is 0 Å². The minimum Gasteiger partial charge on any atom is -0.419 e. The number of anilines is 1. The highest BCUT2D eigenvalue weighted by Crippen LogP contribution is 2.19. The summed E-state index contributed by atoms with van der Waals surface area (Å²) in [6.07, 6.45) is 4.30. The van der Waals surface area contributed by atoms with Crippen molar-refractivity contribution >= 4 is 5.82 Å². The van der Waals surface area contributed by atoms with E-state index in [2.05, 4.69) is 27.3 Å². The maximum absolute atomic E-state index is 5.64. The molecule has 2 aromatic heterocycles. The molecule has 0 amide bonds. The molecule has 0 saturated carbocycles. The van der Waals surface area contributed by atoms with E-state index in [9.17, 15) is 0 Å². The lowest BCUT2D eigenvalue weighted by Gasteiger charge is -2.06. The fourth-order valence-corrected chi connectivity index (χ4v) is 1.53. The van der Waals surface area contributed by atoms with E-state index in [1.54, 1.807) is 17.1 Å². The molecular weight excluding hydrogens is 230 g/mol. The normalized spacial score (nSPS) is 10.4. The summed E-state index contributed by atoms with van der Waals surface area (Å²) in [5.41, 5.74) is 0.903. The third kappa shape index (κ3) is 2.97. The molecule has 0 fully saturated rings. The first-order valence-electron chi connectivity index (χ1n) is 5.93. The molecular formula is C12H17N5O. The molecule has 18 heavy (non-hydrogen) atoms. The summed E-state index contributed by atoms with van der Waals surface area (Å²) in [6.45, 7) is 4.87. The van der Waals surface area contributed by atoms with Crippen LogP contribution >= 0.6 is 0 Å². The first kappa shape index (κ1) is 12.3. The second-order valence-corrected chi connectivity index (χ2v) is 4.02. The molecule has 0 aliphatic heterocycles. The van der Waals surface area contributed by atoms with E-state index in [1.807, 2.05) is 20.0 Å². The quantitative estimate of drug-likeness (QED) is 0.876. The number of nitrogens with one attached hydrogen (secondary N) is 1. The summed E-state index contributed by atoms with van der Waals surface area (Å²) >= 11 is 0. The Labute approximate surface area is 106 Å². The van der Waals surface area contributed by atoms with Crippen LogP contribution < -0.4 is 10.1 Å². The topological polar surface area (TPSA) is 64.9 Å². The smallest absolute Gasteiger partial charge is 0.241 e. The molecule has 96 valence electrons. The second kappa shape index (κ2) is 5.48. The maximum atomic E-state index is 5.64. The lowest BCUT2D eigenvalue weighted by molar-refractivity contribution is 0.414. The fourth-order valence-electron chi connectivity index (χ4n) is 1.53. The van der Waals surface area contributed by atoms with Gasteiger partial charge in [0, 0.05) is 19.7 Å². The SMILES string of the molecule is CCCNc1cncc(Oc2cc(C)nn2C)n1. The highest BCUT2D eigenvalue weighted by Gasteiger charge is 2.06. The Morgan fingerprint density at radius 1 is 1.39 bits per heavy atom. The third-order valence-electron chi connectivity index (χ3n) is 2.34. The molecule has 2 aromatic rings. The summed E-state index contributed by atoms with van der Waals surface area (Å²) in [4.78, 5) is 8.41. The van der Waals surface area contributed by atoms with Crippen molar-refractivity contribution in [3.8, 4) is 11.8 Å². The van der Waals surface area contributed by atoms with Gasteiger partial charge in [-0.2, -0.15) is 10.1 Å². The maximum Gasteiger partial charge on any atom is 0.241 e. The summed E-state index contributed by atoms with van der Waals surface area (Å²) in [5.74, 6) is 1.82. The zero-order valence-electron chi connectivity index (χ0n) is 10.8. The summed E-state index contributed by atoms with van der Waals surface area (Å²) in [7, 11) is 1.83. The van der Waals surface area contributed by atoms with E-state index in [-0.39, 0.29) is 0 Å². The predicted molar refractivity (Wildman–Crippen MR) is 68.8 cm³/mol. The molecule has 2 rings (SSSR count). The van der Waals surface area contributed by atoms with E-state index in [1.165, 1.54) is 0 Å². The van der Waals surface area contributed by atoms with E-state index in [0.717, 1.165) is 18.7 Å². The summed E-state index contributed by atoms with van der Waals surface area (Å²) in [6, 6.07) is 1.85. The van der Waals surface area contributed by atoms with Gasteiger partial charge in [-0.05, 0) is 13.3 Å². The van der Waals surface area contributed by atoms with Crippen molar-refractivity contribution in [3.05, 3.63) is 24.2 Å². The third-order valence-corrected chi connectivity index (χ3v) is 2.34. The van der Waals surface area contributed by atoms with Crippen molar-refractivity contribution in [1.29, 1.82) is 0 Å². The molecule has 6 heteroatoms. The molecule has 0 bridgehead atoms. The minimum atomic E-state index is 0.458. The summed E-state index contributed by atoms with van der Waals surface area (Å²) < 4.78 is 7.31. The van der Waals surface area contributed by atoms with Gasteiger partial charge in [0.05, 0.1) is 18.1 Å². The first-order chi connectivity index (χ1) is 8.69. The van der Waals surface area contributed by atoms with Gasteiger partial charge in [-0.3, -0.25) is 4.98 Å². The molecule has 0 aliphatic rings. The number of rotatable bonds is 5. The largest absolute Gasteiger partial charge is 0.419 e. The molecule has 6 nitrogen and oxygen atoms in total. The van der Waals surface area contributed by atoms with Crippen LogP contribution in [0, 0.1) is 6.92 Å². The Hall–Kier alpha value is -2.11. The van der Waals surface area contributed by atoms with Crippen LogP contribution in [0.25, 0.3) is 0 Å². The predicted octanol–water partition coefficient (Wildman–Crippen LogP) is 2.13. The Balaban J connectivity index is 2.11. The molecule has 0 aromatic carbocycles. The van der Waals surface area contributed by atoms with Gasteiger partial charge in [-0.25, -0.2) is 4.68 Å². The molecule has 0 atom stereocenters. The van der Waals surface area contributed by atoms with Crippen LogP contribution in [0.2, 0.25) is 0 Å². The highest BCUT2D eigenvalue weighted by molar-refractivity contribution is 5.34. The van der Waals surface area contributed by atoms with Crippen LogP contribution in [0.3, 0.4) is 0 Å². The van der Waals surface area contributed by atoms with Crippen LogP contribution in [0.1, 0.15) is 19.0 Å². The number of aryl methyl sites for hydroxylation is 2. The van der Waals surface area contributed by atoms with Gasteiger partial charge < -0.3 is 10.1 Å². The first-order valence-corrected chi connectivity index (χ1v) is 5.93. The van der Waals surface area contributed by atoms with Crippen LogP contribution in [0.15, 0.2) is 18.5 Å². The van der Waals surface area contributed by atoms with E-state index in [0.29, 0.717) is 17.6 Å². The van der Waals surface area contributed by atoms with Gasteiger partial charge in [0.25, 0.3) is 0 Å². The van der Waals surface area contributed by atoms with Gasteiger partial charge in [0.2, 0.25) is 11.8 Å². The molecule has 1 N–H and O–H groups in total. The van der Waals surface area contributed by atoms with Crippen molar-refractivity contribution in [2.24, 2.45) is 7.05 Å². The lowest BCUT2D eigenvalue weighted by atomic mass is 10.5. The van der Waals surface area contributed by atoms with Crippen molar-refractivity contribution < 1.29 is 4.74 Å². The second-order valence-electron chi connectivity index (χ2n) is 4.02. The van der Waals surface area contributed by atoms with Crippen LogP contribution in [-0.4, -0.2) is 26.3 Å². The van der Waals surface area contributed by atoms with Crippen molar-refractivity contribution in [1.82, 2.24) is 19.7 Å². The van der Waals surface area contributed by atoms with Crippen molar-refractivity contribution in [2.45, 2.75) is 20.3 Å². The van der Waals surface area contributed by atoms with Gasteiger partial charge >= 0.3 is 0 Å². The average molecular weight is 247 g/mol. The minimum absolute atomic E-state index is 0.458. The average Bonchev–Trinajstić information content (AvgIpc) is 2.66. The van der Waals surface area contributed by atoms with Crippen LogP contribution in [-0.2, 0) is 7.05 Å². The van der Waals surface area contributed by atoms with Gasteiger partial charge in [-0.15, -0.1) is 0 Å². The highest BCUT2D eigenvalue weighted by atomic mass is 16.5. The molecule has 0 saturated heterocycles. The summed E-state index contributed by atoms with van der Waals surface area (Å²) in [5, 5.41) is 7.37.